The van der Waals surface area contributed by atoms with Gasteiger partial charge in [0.1, 0.15) is 6.79 Å². The number of rotatable bonds is 4. The summed E-state index contributed by atoms with van der Waals surface area (Å²) < 4.78 is 4.64. The van der Waals surface area contributed by atoms with Gasteiger partial charge in [0.2, 0.25) is 0 Å². The number of carboxylic acid groups (broad SMARTS) is 1. The van der Waals surface area contributed by atoms with Gasteiger partial charge in [0.15, 0.2) is 0 Å². The van der Waals surface area contributed by atoms with Crippen LogP contribution in [0.4, 0.5) is 0 Å². The van der Waals surface area contributed by atoms with Crippen molar-refractivity contribution in [2.75, 3.05) is 6.79 Å². The van der Waals surface area contributed by atoms with Crippen LogP contribution in [0.2, 0.25) is 0 Å². The summed E-state index contributed by atoms with van der Waals surface area (Å²) >= 11 is 0. The number of aliphatic hydroxyl groups excluding tert-OH is 1. The summed E-state index contributed by atoms with van der Waals surface area (Å²) in [6, 6.07) is 0. The van der Waals surface area contributed by atoms with E-state index in [2.05, 4.69) is 4.74 Å². The molecule has 0 fully saturated rings. The molecule has 2 unspecified atom stereocenters. The van der Waals surface area contributed by atoms with Gasteiger partial charge in [-0.2, -0.15) is 0 Å². The van der Waals surface area contributed by atoms with E-state index in [1.165, 1.54) is 6.92 Å². The van der Waals surface area contributed by atoms with Gasteiger partial charge in [-0.3, -0.25) is 4.79 Å². The first-order chi connectivity index (χ1) is 4.59. The van der Waals surface area contributed by atoms with Gasteiger partial charge in [-0.05, 0) is 13.8 Å². The normalized spacial score (nSPS) is 16.3. The second kappa shape index (κ2) is 4.24. The zero-order chi connectivity index (χ0) is 8.15. The Morgan fingerprint density at radius 1 is 1.60 bits per heavy atom. The second-order valence-electron chi connectivity index (χ2n) is 2.13. The van der Waals surface area contributed by atoms with Crippen LogP contribution in [0.1, 0.15) is 13.8 Å². The molecular weight excluding hydrogens is 136 g/mol. The van der Waals surface area contributed by atoms with Gasteiger partial charge in [-0.1, -0.05) is 0 Å². The van der Waals surface area contributed by atoms with E-state index in [0.29, 0.717) is 0 Å². The summed E-state index contributed by atoms with van der Waals surface area (Å²) in [6.45, 7) is 2.70. The molecule has 0 saturated heterocycles. The molecule has 0 heterocycles. The van der Waals surface area contributed by atoms with E-state index >= 15 is 0 Å². The van der Waals surface area contributed by atoms with Gasteiger partial charge in [0, 0.05) is 0 Å². The summed E-state index contributed by atoms with van der Waals surface area (Å²) in [5, 5.41) is 16.7. The number of carboxylic acids is 1. The standard InChI is InChI=1S/C6H12O4/c1-4(6(8)9)5(2)10-3-7/h4-5,7H,3H2,1-2H3,(H,8,9). The SMILES string of the molecule is CC(OCO)C(C)C(=O)O. The molecule has 0 rings (SSSR count). The van der Waals surface area contributed by atoms with E-state index in [-0.39, 0.29) is 0 Å². The van der Waals surface area contributed by atoms with Crippen molar-refractivity contribution >= 4 is 5.97 Å². The van der Waals surface area contributed by atoms with Crippen LogP contribution in [-0.2, 0) is 9.53 Å². The monoisotopic (exact) mass is 148 g/mol. The Kier molecular flexibility index (Phi) is 3.99. The highest BCUT2D eigenvalue weighted by Crippen LogP contribution is 2.05. The molecule has 0 aromatic rings. The lowest BCUT2D eigenvalue weighted by atomic mass is 10.1. The molecule has 60 valence electrons. The van der Waals surface area contributed by atoms with Crippen LogP contribution in [0.25, 0.3) is 0 Å². The van der Waals surface area contributed by atoms with Gasteiger partial charge in [-0.25, -0.2) is 0 Å². The highest BCUT2D eigenvalue weighted by Gasteiger charge is 2.18. The summed E-state index contributed by atoms with van der Waals surface area (Å²) in [7, 11) is 0. The molecule has 4 nitrogen and oxygen atoms in total. The van der Waals surface area contributed by atoms with Crippen molar-refractivity contribution in [1.82, 2.24) is 0 Å². The first-order valence-electron chi connectivity index (χ1n) is 3.05. The van der Waals surface area contributed by atoms with Gasteiger partial charge >= 0.3 is 5.97 Å². The molecular formula is C6H12O4. The molecule has 0 aliphatic rings. The maximum absolute atomic E-state index is 10.3. The predicted octanol–water partition coefficient (Wildman–Crippen LogP) is 0.0620. The second-order valence-corrected chi connectivity index (χ2v) is 2.13. The summed E-state index contributed by atoms with van der Waals surface area (Å²) in [4.78, 5) is 10.3. The molecule has 4 heteroatoms. The Balaban J connectivity index is 3.69. The topological polar surface area (TPSA) is 66.8 Å². The Morgan fingerprint density at radius 3 is 2.40 bits per heavy atom. The highest BCUT2D eigenvalue weighted by atomic mass is 16.6. The number of carbonyl (C=O) groups is 1. The number of aliphatic hydroxyl groups is 1. The number of ether oxygens (including phenoxy) is 1. The number of hydrogen-bond donors (Lipinski definition) is 2. The lowest BCUT2D eigenvalue weighted by Crippen LogP contribution is -2.25. The molecule has 0 aliphatic carbocycles. The van der Waals surface area contributed by atoms with Crippen LogP contribution in [0.15, 0.2) is 0 Å². The number of hydrogen-bond acceptors (Lipinski definition) is 3. The molecule has 0 spiro atoms. The quantitative estimate of drug-likeness (QED) is 0.553. The van der Waals surface area contributed by atoms with E-state index < -0.39 is 24.8 Å². The van der Waals surface area contributed by atoms with Crippen LogP contribution in [0, 0.1) is 5.92 Å². The van der Waals surface area contributed by atoms with E-state index in [4.69, 9.17) is 10.2 Å². The lowest BCUT2D eigenvalue weighted by Gasteiger charge is -2.14. The Morgan fingerprint density at radius 2 is 2.10 bits per heavy atom. The largest absolute Gasteiger partial charge is 0.481 e. The summed E-state index contributed by atoms with van der Waals surface area (Å²) in [5.41, 5.74) is 0. The molecule has 0 bridgehead atoms. The van der Waals surface area contributed by atoms with Gasteiger partial charge in [0.05, 0.1) is 12.0 Å². The third-order valence-corrected chi connectivity index (χ3v) is 1.43. The number of aliphatic carboxylic acids is 1. The Hall–Kier alpha value is -0.610. The molecule has 0 amide bonds. The molecule has 0 aliphatic heterocycles. The van der Waals surface area contributed by atoms with Crippen molar-refractivity contribution in [3.05, 3.63) is 0 Å². The molecule has 0 aromatic heterocycles. The van der Waals surface area contributed by atoms with Crippen LogP contribution in [-0.4, -0.2) is 29.1 Å². The van der Waals surface area contributed by atoms with Crippen molar-refractivity contribution in [2.45, 2.75) is 20.0 Å². The first kappa shape index (κ1) is 9.39. The fourth-order valence-corrected chi connectivity index (χ4v) is 0.463. The van der Waals surface area contributed by atoms with E-state index in [9.17, 15) is 4.79 Å². The van der Waals surface area contributed by atoms with Crippen LogP contribution < -0.4 is 0 Å². The molecule has 10 heavy (non-hydrogen) atoms. The fraction of sp³-hybridized carbons (Fsp3) is 0.833. The van der Waals surface area contributed by atoms with Crippen LogP contribution in [0.5, 0.6) is 0 Å². The average Bonchev–Trinajstić information content (AvgIpc) is 1.87. The smallest absolute Gasteiger partial charge is 0.308 e. The average molecular weight is 148 g/mol. The third kappa shape index (κ3) is 2.80. The van der Waals surface area contributed by atoms with Crippen molar-refractivity contribution in [3.63, 3.8) is 0 Å². The molecule has 2 N–H and O–H groups in total. The highest BCUT2D eigenvalue weighted by molar-refractivity contribution is 5.70. The van der Waals surface area contributed by atoms with E-state index in [0.717, 1.165) is 0 Å². The zero-order valence-corrected chi connectivity index (χ0v) is 6.07. The third-order valence-electron chi connectivity index (χ3n) is 1.43. The minimum absolute atomic E-state index is 0.432. The molecule has 2 atom stereocenters. The van der Waals surface area contributed by atoms with E-state index in [1.54, 1.807) is 6.92 Å². The van der Waals surface area contributed by atoms with Gasteiger partial charge < -0.3 is 14.9 Å². The maximum Gasteiger partial charge on any atom is 0.308 e. The summed E-state index contributed by atoms with van der Waals surface area (Å²) in [5.74, 6) is -1.49. The lowest BCUT2D eigenvalue weighted by molar-refractivity contribution is -0.149. The van der Waals surface area contributed by atoms with Crippen molar-refractivity contribution in [3.8, 4) is 0 Å². The molecule has 0 aromatic carbocycles. The molecule has 0 radical (unpaired) electrons. The van der Waals surface area contributed by atoms with Gasteiger partial charge in [0.25, 0.3) is 0 Å². The maximum atomic E-state index is 10.3. The van der Waals surface area contributed by atoms with Crippen molar-refractivity contribution in [2.24, 2.45) is 5.92 Å². The van der Waals surface area contributed by atoms with Crippen molar-refractivity contribution < 1.29 is 19.7 Å². The van der Waals surface area contributed by atoms with E-state index in [1.807, 2.05) is 0 Å². The predicted molar refractivity (Wildman–Crippen MR) is 34.4 cm³/mol. The summed E-state index contributed by atoms with van der Waals surface area (Å²) in [6.07, 6.45) is -0.442. The Bertz CT molecular complexity index is 112. The Labute approximate surface area is 59.4 Å². The van der Waals surface area contributed by atoms with Crippen LogP contribution in [0.3, 0.4) is 0 Å². The minimum Gasteiger partial charge on any atom is -0.481 e. The minimum atomic E-state index is -0.916. The fourth-order valence-electron chi connectivity index (χ4n) is 0.463. The van der Waals surface area contributed by atoms with Crippen LogP contribution >= 0.6 is 0 Å². The molecule has 0 saturated carbocycles. The first-order valence-corrected chi connectivity index (χ1v) is 3.05. The zero-order valence-electron chi connectivity index (χ0n) is 6.07. The van der Waals surface area contributed by atoms with Gasteiger partial charge in [-0.15, -0.1) is 0 Å². The van der Waals surface area contributed by atoms with Crippen molar-refractivity contribution in [1.29, 1.82) is 0 Å².